The monoisotopic (exact) mass is 280 g/mol. The number of carbonyl (C=O) groups is 2. The van der Waals surface area contributed by atoms with Crippen molar-refractivity contribution >= 4 is 11.8 Å². The maximum atomic E-state index is 11.8. The average Bonchev–Trinajstić information content (AvgIpc) is 2.96. The zero-order valence-corrected chi connectivity index (χ0v) is 11.6. The van der Waals surface area contributed by atoms with Crippen LogP contribution in [0.1, 0.15) is 49.1 Å². The van der Waals surface area contributed by atoms with Gasteiger partial charge in [-0.15, -0.1) is 5.10 Å². The molecule has 0 spiro atoms. The summed E-state index contributed by atoms with van der Waals surface area (Å²) in [6.07, 6.45) is 4.72. The highest BCUT2D eigenvalue weighted by molar-refractivity contribution is 5.91. The Balaban J connectivity index is 1.92. The molecule has 0 bridgehead atoms. The molecule has 0 unspecified atom stereocenters. The Hall–Kier alpha value is -1.96. The summed E-state index contributed by atoms with van der Waals surface area (Å²) in [6.45, 7) is 3.45. The number of hydrogen-bond donors (Lipinski definition) is 2. The lowest BCUT2D eigenvalue weighted by Gasteiger charge is -2.31. The smallest absolute Gasteiger partial charge is 0.287 e. The van der Waals surface area contributed by atoms with Crippen LogP contribution in [0.5, 0.6) is 0 Å². The lowest BCUT2D eigenvalue weighted by atomic mass is 10.0. The largest absolute Gasteiger partial charge is 0.343 e. The van der Waals surface area contributed by atoms with Crippen LogP contribution in [0.25, 0.3) is 0 Å². The van der Waals surface area contributed by atoms with Crippen LogP contribution in [-0.2, 0) is 4.79 Å². The van der Waals surface area contributed by atoms with Gasteiger partial charge in [0, 0.05) is 19.5 Å². The van der Waals surface area contributed by atoms with Gasteiger partial charge in [0.25, 0.3) is 5.91 Å². The number of nitrogens with zero attached hydrogens (tertiary/aromatic N) is 4. The van der Waals surface area contributed by atoms with Crippen LogP contribution >= 0.6 is 0 Å². The zero-order valence-electron chi connectivity index (χ0n) is 11.6. The quantitative estimate of drug-likeness (QED) is 0.453. The molecule has 2 amide bonds. The Morgan fingerprint density at radius 3 is 2.75 bits per heavy atom. The van der Waals surface area contributed by atoms with Crippen LogP contribution in [0, 0.1) is 0 Å². The van der Waals surface area contributed by atoms with Crippen molar-refractivity contribution < 1.29 is 9.59 Å². The number of hydrazine groups is 1. The van der Waals surface area contributed by atoms with Gasteiger partial charge in [0.05, 0.1) is 12.2 Å². The average molecular weight is 280 g/mol. The molecule has 1 aliphatic heterocycles. The van der Waals surface area contributed by atoms with E-state index in [1.807, 2.05) is 17.2 Å². The topological polar surface area (TPSA) is 106 Å². The molecule has 0 radical (unpaired) electrons. The Morgan fingerprint density at radius 1 is 1.45 bits per heavy atom. The molecule has 1 aromatic heterocycles. The molecule has 1 saturated heterocycles. The van der Waals surface area contributed by atoms with Gasteiger partial charge in [-0.25, -0.2) is 10.5 Å². The second kappa shape index (κ2) is 6.47. The Morgan fingerprint density at radius 2 is 2.15 bits per heavy atom. The van der Waals surface area contributed by atoms with E-state index >= 15 is 0 Å². The van der Waals surface area contributed by atoms with Gasteiger partial charge in [-0.2, -0.15) is 0 Å². The molecule has 8 nitrogen and oxygen atoms in total. The van der Waals surface area contributed by atoms with Crippen LogP contribution in [0.15, 0.2) is 6.20 Å². The Bertz CT molecular complexity index is 478. The van der Waals surface area contributed by atoms with Gasteiger partial charge in [-0.05, 0) is 19.3 Å². The number of rotatable bonds is 4. The van der Waals surface area contributed by atoms with Crippen LogP contribution < -0.4 is 11.3 Å². The van der Waals surface area contributed by atoms with Gasteiger partial charge >= 0.3 is 0 Å². The Kier molecular flexibility index (Phi) is 4.67. The third-order valence-corrected chi connectivity index (χ3v) is 3.53. The van der Waals surface area contributed by atoms with E-state index in [-0.39, 0.29) is 17.6 Å². The molecule has 3 N–H and O–H groups in total. The summed E-state index contributed by atoms with van der Waals surface area (Å²) >= 11 is 0. The summed E-state index contributed by atoms with van der Waals surface area (Å²) in [5.74, 6) is 4.81. The molecule has 0 atom stereocenters. The van der Waals surface area contributed by atoms with Gasteiger partial charge in [0.2, 0.25) is 5.91 Å². The molecule has 110 valence electrons. The first-order valence-corrected chi connectivity index (χ1v) is 6.86. The van der Waals surface area contributed by atoms with E-state index in [1.165, 1.54) is 0 Å². The van der Waals surface area contributed by atoms with Crippen molar-refractivity contribution in [1.29, 1.82) is 0 Å². The van der Waals surface area contributed by atoms with Crippen molar-refractivity contribution in [2.75, 3.05) is 13.1 Å². The predicted octanol–water partition coefficient (Wildman–Crippen LogP) is -0.155. The molecule has 1 aromatic rings. The normalized spacial score (nSPS) is 16.2. The van der Waals surface area contributed by atoms with Crippen LogP contribution in [0.3, 0.4) is 0 Å². The van der Waals surface area contributed by atoms with E-state index in [1.54, 1.807) is 10.9 Å². The van der Waals surface area contributed by atoms with E-state index in [9.17, 15) is 9.59 Å². The number of nitrogens with two attached hydrogens (primary N) is 1. The molecule has 0 aliphatic carbocycles. The van der Waals surface area contributed by atoms with Gasteiger partial charge in [0.15, 0.2) is 5.69 Å². The van der Waals surface area contributed by atoms with Crippen LogP contribution in [0.4, 0.5) is 0 Å². The van der Waals surface area contributed by atoms with Crippen LogP contribution in [0.2, 0.25) is 0 Å². The van der Waals surface area contributed by atoms with Crippen molar-refractivity contribution in [3.8, 4) is 0 Å². The molecule has 2 rings (SSSR count). The predicted molar refractivity (Wildman–Crippen MR) is 71.4 cm³/mol. The number of likely N-dealkylation sites (tertiary alicyclic amines) is 1. The third-order valence-electron chi connectivity index (χ3n) is 3.53. The van der Waals surface area contributed by atoms with E-state index in [4.69, 9.17) is 5.84 Å². The van der Waals surface area contributed by atoms with E-state index in [2.05, 4.69) is 10.3 Å². The number of carbonyl (C=O) groups excluding carboxylic acids is 2. The van der Waals surface area contributed by atoms with Crippen molar-refractivity contribution in [3.05, 3.63) is 11.9 Å². The number of hydrogen-bond acceptors (Lipinski definition) is 5. The maximum absolute atomic E-state index is 11.8. The molecule has 20 heavy (non-hydrogen) atoms. The van der Waals surface area contributed by atoms with E-state index < -0.39 is 5.91 Å². The van der Waals surface area contributed by atoms with Crippen molar-refractivity contribution in [1.82, 2.24) is 25.3 Å². The van der Waals surface area contributed by atoms with E-state index in [0.29, 0.717) is 6.42 Å². The summed E-state index contributed by atoms with van der Waals surface area (Å²) in [4.78, 5) is 25.0. The molecule has 1 fully saturated rings. The minimum Gasteiger partial charge on any atom is -0.343 e. The summed E-state index contributed by atoms with van der Waals surface area (Å²) in [7, 11) is 0. The first-order chi connectivity index (χ1) is 9.65. The highest BCUT2D eigenvalue weighted by atomic mass is 16.2. The fraction of sp³-hybridized carbons (Fsp3) is 0.667. The SMILES string of the molecule is CCCC(=O)N1CCC(n2cc(C(=O)NN)nn2)CC1. The summed E-state index contributed by atoms with van der Waals surface area (Å²) in [6, 6.07) is 0.174. The highest BCUT2D eigenvalue weighted by Crippen LogP contribution is 2.22. The van der Waals surface area contributed by atoms with Crippen molar-refractivity contribution in [3.63, 3.8) is 0 Å². The van der Waals surface area contributed by atoms with Crippen LogP contribution in [-0.4, -0.2) is 44.8 Å². The molecule has 1 aliphatic rings. The first-order valence-electron chi connectivity index (χ1n) is 6.86. The lowest BCUT2D eigenvalue weighted by Crippen LogP contribution is -2.39. The number of aromatic nitrogens is 3. The Labute approximate surface area is 117 Å². The minimum atomic E-state index is -0.452. The zero-order chi connectivity index (χ0) is 14.5. The second-order valence-corrected chi connectivity index (χ2v) is 4.92. The fourth-order valence-electron chi connectivity index (χ4n) is 2.38. The van der Waals surface area contributed by atoms with Crippen molar-refractivity contribution in [2.24, 2.45) is 5.84 Å². The maximum Gasteiger partial charge on any atom is 0.287 e. The van der Waals surface area contributed by atoms with Crippen molar-refractivity contribution in [2.45, 2.75) is 38.6 Å². The first kappa shape index (κ1) is 14.4. The third kappa shape index (κ3) is 3.13. The van der Waals surface area contributed by atoms with Gasteiger partial charge in [-0.1, -0.05) is 12.1 Å². The molecule has 0 saturated carbocycles. The highest BCUT2D eigenvalue weighted by Gasteiger charge is 2.24. The summed E-state index contributed by atoms with van der Waals surface area (Å²) in [5, 5.41) is 7.75. The molecule has 0 aromatic carbocycles. The number of nitrogen functional groups attached to an aromatic ring is 1. The van der Waals surface area contributed by atoms with E-state index in [0.717, 1.165) is 32.4 Å². The second-order valence-electron chi connectivity index (χ2n) is 4.92. The molecular weight excluding hydrogens is 260 g/mol. The number of amides is 2. The van der Waals surface area contributed by atoms with Gasteiger partial charge < -0.3 is 4.90 Å². The standard InChI is InChI=1S/C12H20N6O2/c1-2-3-11(19)17-6-4-9(5-7-17)18-8-10(15-16-18)12(20)14-13/h8-9H,2-7,13H2,1H3,(H,14,20). The fourth-order valence-corrected chi connectivity index (χ4v) is 2.38. The number of piperidine rings is 1. The molecule has 2 heterocycles. The van der Waals surface area contributed by atoms with Gasteiger partial charge in [0.1, 0.15) is 0 Å². The molecule has 8 heteroatoms. The minimum absolute atomic E-state index is 0.174. The lowest BCUT2D eigenvalue weighted by molar-refractivity contribution is -0.132. The molecular formula is C12H20N6O2. The number of nitrogens with one attached hydrogen (secondary N) is 1. The summed E-state index contributed by atoms with van der Waals surface area (Å²) < 4.78 is 1.69. The van der Waals surface area contributed by atoms with Gasteiger partial charge in [-0.3, -0.25) is 15.0 Å². The summed E-state index contributed by atoms with van der Waals surface area (Å²) in [5.41, 5.74) is 2.23.